The summed E-state index contributed by atoms with van der Waals surface area (Å²) in [7, 11) is 0. The first kappa shape index (κ1) is 29.3. The molecule has 3 amide bonds. The molecule has 4 fully saturated rings. The quantitative estimate of drug-likeness (QED) is 0.439. The SMILES string of the molecule is CCN1CCN(CCN2C(=O)C3C(C(=O)Nc4ccc(C(C)C)cc4)C4C=CC3(O4)C2C(=O)NC2CCCCC2)CC1. The molecule has 42 heavy (non-hydrogen) atoms. The fraction of sp³-hybridized carbons (Fsp3) is 0.667. The Hall–Kier alpha value is -2.75. The Kier molecular flexibility index (Phi) is 8.44. The number of carbonyl (C=O) groups is 3. The number of likely N-dealkylation sites (N-methyl/N-ethyl adjacent to an activating group) is 1. The number of piperazine rings is 1. The average molecular weight is 578 g/mol. The van der Waals surface area contributed by atoms with Gasteiger partial charge in [-0.3, -0.25) is 19.3 Å². The highest BCUT2D eigenvalue weighted by molar-refractivity contribution is 6.02. The van der Waals surface area contributed by atoms with Gasteiger partial charge in [-0.2, -0.15) is 0 Å². The lowest BCUT2D eigenvalue weighted by Gasteiger charge is -2.37. The predicted octanol–water partition coefficient (Wildman–Crippen LogP) is 2.99. The molecule has 5 aliphatic rings. The summed E-state index contributed by atoms with van der Waals surface area (Å²) in [4.78, 5) is 48.6. The normalized spacial score (nSPS) is 31.6. The summed E-state index contributed by atoms with van der Waals surface area (Å²) < 4.78 is 6.53. The Labute approximate surface area is 250 Å². The second-order valence-corrected chi connectivity index (χ2v) is 13.1. The topological polar surface area (TPSA) is 94.2 Å². The Balaban J connectivity index is 1.23. The monoisotopic (exact) mass is 577 g/mol. The number of amides is 3. The van der Waals surface area contributed by atoms with Crippen LogP contribution < -0.4 is 10.6 Å². The van der Waals surface area contributed by atoms with E-state index >= 15 is 0 Å². The van der Waals surface area contributed by atoms with Gasteiger partial charge in [-0.1, -0.05) is 64.3 Å². The van der Waals surface area contributed by atoms with E-state index < -0.39 is 29.6 Å². The van der Waals surface area contributed by atoms with E-state index in [4.69, 9.17) is 4.74 Å². The molecule has 2 bridgehead atoms. The summed E-state index contributed by atoms with van der Waals surface area (Å²) in [6.07, 6.45) is 8.61. The molecule has 1 saturated carbocycles. The second kappa shape index (κ2) is 12.1. The van der Waals surface area contributed by atoms with Crippen LogP contribution in [0.4, 0.5) is 5.69 Å². The molecule has 6 rings (SSSR count). The fourth-order valence-electron chi connectivity index (χ4n) is 7.79. The molecule has 228 valence electrons. The number of nitrogens with one attached hydrogen (secondary N) is 2. The van der Waals surface area contributed by atoms with Gasteiger partial charge in [-0.15, -0.1) is 0 Å². The maximum Gasteiger partial charge on any atom is 0.246 e. The van der Waals surface area contributed by atoms with Gasteiger partial charge in [-0.05, 0) is 43.0 Å². The molecule has 1 spiro atoms. The maximum atomic E-state index is 14.3. The number of anilines is 1. The smallest absolute Gasteiger partial charge is 0.246 e. The third-order valence-corrected chi connectivity index (χ3v) is 10.3. The van der Waals surface area contributed by atoms with Crippen LogP contribution in [0.15, 0.2) is 36.4 Å². The lowest BCUT2D eigenvalue weighted by atomic mass is 9.74. The molecule has 1 aliphatic carbocycles. The Morgan fingerprint density at radius 1 is 0.976 bits per heavy atom. The summed E-state index contributed by atoms with van der Waals surface area (Å²) >= 11 is 0. The molecule has 0 radical (unpaired) electrons. The lowest BCUT2D eigenvalue weighted by molar-refractivity contribution is -0.141. The van der Waals surface area contributed by atoms with Crippen molar-refractivity contribution in [1.82, 2.24) is 20.0 Å². The fourth-order valence-corrected chi connectivity index (χ4v) is 7.79. The highest BCUT2D eigenvalue weighted by Gasteiger charge is 2.72. The van der Waals surface area contributed by atoms with Crippen molar-refractivity contribution in [3.63, 3.8) is 0 Å². The molecule has 2 N–H and O–H groups in total. The second-order valence-electron chi connectivity index (χ2n) is 13.1. The van der Waals surface area contributed by atoms with Gasteiger partial charge in [-0.25, -0.2) is 0 Å². The number of hydrogen-bond donors (Lipinski definition) is 2. The number of likely N-dealkylation sites (tertiary alicyclic amines) is 1. The van der Waals surface area contributed by atoms with E-state index in [1.54, 1.807) is 4.90 Å². The minimum absolute atomic E-state index is 0.122. The number of hydrogen-bond acceptors (Lipinski definition) is 6. The van der Waals surface area contributed by atoms with Crippen LogP contribution >= 0.6 is 0 Å². The molecule has 1 aromatic rings. The van der Waals surface area contributed by atoms with E-state index in [-0.39, 0.29) is 23.8 Å². The Bertz CT molecular complexity index is 1190. The zero-order valence-electron chi connectivity index (χ0n) is 25.4. The van der Waals surface area contributed by atoms with Crippen molar-refractivity contribution in [2.45, 2.75) is 82.6 Å². The third-order valence-electron chi connectivity index (χ3n) is 10.3. The number of ether oxygens (including phenoxy) is 1. The van der Waals surface area contributed by atoms with Gasteiger partial charge in [0.15, 0.2) is 0 Å². The van der Waals surface area contributed by atoms with Crippen LogP contribution in [0.25, 0.3) is 0 Å². The number of benzene rings is 1. The van der Waals surface area contributed by atoms with Crippen LogP contribution in [-0.4, -0.2) is 102 Å². The molecule has 1 aromatic carbocycles. The zero-order valence-corrected chi connectivity index (χ0v) is 25.4. The Morgan fingerprint density at radius 3 is 2.33 bits per heavy atom. The number of nitrogens with zero attached hydrogens (tertiary/aromatic N) is 3. The molecular weight excluding hydrogens is 530 g/mol. The maximum absolute atomic E-state index is 14.3. The number of fused-ring (bicyclic) bond motifs is 1. The van der Waals surface area contributed by atoms with Crippen molar-refractivity contribution in [1.29, 1.82) is 0 Å². The summed E-state index contributed by atoms with van der Waals surface area (Å²) in [6.45, 7) is 12.6. The van der Waals surface area contributed by atoms with E-state index in [1.807, 2.05) is 36.4 Å². The van der Waals surface area contributed by atoms with Gasteiger partial charge in [0.05, 0.1) is 17.9 Å². The summed E-state index contributed by atoms with van der Waals surface area (Å²) in [5.74, 6) is -1.53. The van der Waals surface area contributed by atoms with E-state index in [2.05, 4.69) is 41.2 Å². The lowest BCUT2D eigenvalue weighted by Crippen LogP contribution is -2.57. The van der Waals surface area contributed by atoms with Gasteiger partial charge < -0.3 is 25.2 Å². The molecule has 9 heteroatoms. The van der Waals surface area contributed by atoms with Crippen molar-refractivity contribution < 1.29 is 19.1 Å². The third kappa shape index (κ3) is 5.40. The summed E-state index contributed by atoms with van der Waals surface area (Å²) in [5, 5.41) is 6.33. The van der Waals surface area contributed by atoms with Gasteiger partial charge in [0.25, 0.3) is 0 Å². The van der Waals surface area contributed by atoms with Crippen LogP contribution in [0.2, 0.25) is 0 Å². The predicted molar refractivity (Wildman–Crippen MR) is 162 cm³/mol. The van der Waals surface area contributed by atoms with Crippen LogP contribution in [0.3, 0.4) is 0 Å². The number of rotatable bonds is 9. The molecule has 5 atom stereocenters. The van der Waals surface area contributed by atoms with Crippen molar-refractivity contribution in [3.05, 3.63) is 42.0 Å². The van der Waals surface area contributed by atoms with E-state index in [1.165, 1.54) is 12.0 Å². The standard InChI is InChI=1S/C33H47N5O4/c1-4-36-16-18-37(19-17-36)20-21-38-29(31(40)35-24-8-6-5-7-9-24)33-15-14-26(42-33)27(28(33)32(38)41)30(39)34-25-12-10-23(11-13-25)22(2)3/h10-15,22,24,26-29H,4-9,16-21H2,1-3H3,(H,34,39)(H,35,40). The highest BCUT2D eigenvalue weighted by Crippen LogP contribution is 2.55. The molecule has 9 nitrogen and oxygen atoms in total. The molecular formula is C33H47N5O4. The minimum atomic E-state index is -1.12. The van der Waals surface area contributed by atoms with Crippen LogP contribution in [-0.2, 0) is 19.1 Å². The summed E-state index contributed by atoms with van der Waals surface area (Å²) in [5.41, 5.74) is 0.776. The number of carbonyl (C=O) groups excluding carboxylic acids is 3. The van der Waals surface area contributed by atoms with Crippen LogP contribution in [0.5, 0.6) is 0 Å². The largest absolute Gasteiger partial charge is 0.359 e. The van der Waals surface area contributed by atoms with Crippen LogP contribution in [0, 0.1) is 11.8 Å². The Morgan fingerprint density at radius 2 is 1.67 bits per heavy atom. The summed E-state index contributed by atoms with van der Waals surface area (Å²) in [6, 6.07) is 7.21. The molecule has 0 aromatic heterocycles. The van der Waals surface area contributed by atoms with E-state index in [0.29, 0.717) is 24.7 Å². The first-order chi connectivity index (χ1) is 20.3. The minimum Gasteiger partial charge on any atom is -0.359 e. The van der Waals surface area contributed by atoms with Gasteiger partial charge in [0, 0.05) is 51.0 Å². The molecule has 4 heterocycles. The van der Waals surface area contributed by atoms with Crippen molar-refractivity contribution in [2.24, 2.45) is 11.8 Å². The van der Waals surface area contributed by atoms with E-state index in [9.17, 15) is 14.4 Å². The van der Waals surface area contributed by atoms with Gasteiger partial charge in [0.1, 0.15) is 11.6 Å². The first-order valence-corrected chi connectivity index (χ1v) is 16.1. The van der Waals surface area contributed by atoms with Gasteiger partial charge in [0.2, 0.25) is 17.7 Å². The van der Waals surface area contributed by atoms with Crippen molar-refractivity contribution in [2.75, 3.05) is 51.1 Å². The van der Waals surface area contributed by atoms with E-state index in [0.717, 1.165) is 58.4 Å². The average Bonchev–Trinajstić information content (AvgIpc) is 3.64. The zero-order chi connectivity index (χ0) is 29.4. The highest BCUT2D eigenvalue weighted by atomic mass is 16.5. The molecule has 5 unspecified atom stereocenters. The van der Waals surface area contributed by atoms with Crippen LogP contribution in [0.1, 0.15) is 64.4 Å². The molecule has 3 saturated heterocycles. The van der Waals surface area contributed by atoms with Crippen molar-refractivity contribution in [3.8, 4) is 0 Å². The molecule has 4 aliphatic heterocycles. The first-order valence-electron chi connectivity index (χ1n) is 16.1. The van der Waals surface area contributed by atoms with Crippen molar-refractivity contribution >= 4 is 23.4 Å². The van der Waals surface area contributed by atoms with Gasteiger partial charge >= 0.3 is 0 Å².